The minimum absolute atomic E-state index is 0.226. The van der Waals surface area contributed by atoms with Gasteiger partial charge in [-0.25, -0.2) is 0 Å². The first-order valence-corrected chi connectivity index (χ1v) is 13.8. The summed E-state index contributed by atoms with van der Waals surface area (Å²) >= 11 is 12.8. The number of carbonyl (C=O) groups is 1. The number of anilines is 1. The molecule has 0 spiro atoms. The van der Waals surface area contributed by atoms with Crippen molar-refractivity contribution in [2.24, 2.45) is 5.10 Å². The smallest absolute Gasteiger partial charge is 0.280 e. The van der Waals surface area contributed by atoms with Gasteiger partial charge in [0.1, 0.15) is 24.7 Å². The maximum atomic E-state index is 13.2. The molecule has 5 rings (SSSR count). The number of carbonyl (C=O) groups excluding carboxylic acids is 1. The quantitative estimate of drug-likeness (QED) is 0.210. The van der Waals surface area contributed by atoms with Crippen molar-refractivity contribution in [1.29, 1.82) is 0 Å². The molecule has 1 heterocycles. The number of ether oxygens (including phenoxy) is 2. The van der Waals surface area contributed by atoms with E-state index in [4.69, 9.17) is 32.7 Å². The van der Waals surface area contributed by atoms with E-state index in [0.717, 1.165) is 5.75 Å². The molecule has 1 saturated carbocycles. The third-order valence-corrected chi connectivity index (χ3v) is 7.45. The minimum atomic E-state index is -0.226. The van der Waals surface area contributed by atoms with Crippen molar-refractivity contribution in [3.63, 3.8) is 0 Å². The van der Waals surface area contributed by atoms with Crippen LogP contribution in [0.25, 0.3) is 6.08 Å². The first-order valence-electron chi connectivity index (χ1n) is 13.0. The molecular formula is C31H30Cl2N2O3. The Hall–Kier alpha value is -3.28. The number of rotatable bonds is 8. The van der Waals surface area contributed by atoms with Crippen LogP contribution in [0.3, 0.4) is 0 Å². The molecule has 7 heteroatoms. The largest absolute Gasteiger partial charge is 0.490 e. The molecule has 0 radical (unpaired) electrons. The monoisotopic (exact) mass is 548 g/mol. The first-order chi connectivity index (χ1) is 18.5. The molecule has 1 amide bonds. The number of amides is 1. The summed E-state index contributed by atoms with van der Waals surface area (Å²) in [5.41, 5.74) is 3.74. The lowest BCUT2D eigenvalue weighted by molar-refractivity contribution is -0.114. The summed E-state index contributed by atoms with van der Waals surface area (Å²) in [6.07, 6.45) is 8.26. The predicted octanol–water partition coefficient (Wildman–Crippen LogP) is 8.31. The van der Waals surface area contributed by atoms with E-state index in [9.17, 15) is 4.79 Å². The van der Waals surface area contributed by atoms with E-state index in [2.05, 4.69) is 17.2 Å². The molecule has 0 N–H and O–H groups in total. The standard InChI is InChI=1S/C31H30Cl2N2O3/c1-21-28(31(36)35(34-21)26-10-6-3-7-11-26)19-24-18-25(32)20-29(33)30(24)38-17-16-37-27-14-12-23(13-15-27)22-8-4-2-5-9-22/h3,6-7,10-15,18-20,22H,2,4-5,8-9,16-17H2,1H3/b28-19+. The summed E-state index contributed by atoms with van der Waals surface area (Å²) in [6.45, 7) is 2.42. The number of halogens is 2. The lowest BCUT2D eigenvalue weighted by atomic mass is 9.84. The lowest BCUT2D eigenvalue weighted by Crippen LogP contribution is -2.21. The van der Waals surface area contributed by atoms with Gasteiger partial charge in [0.25, 0.3) is 5.91 Å². The Bertz CT molecular complexity index is 1350. The van der Waals surface area contributed by atoms with Crippen molar-refractivity contribution < 1.29 is 14.3 Å². The highest BCUT2D eigenvalue weighted by molar-refractivity contribution is 6.36. The summed E-state index contributed by atoms with van der Waals surface area (Å²) in [5.74, 6) is 1.69. The van der Waals surface area contributed by atoms with Crippen LogP contribution in [0, 0.1) is 0 Å². The predicted molar refractivity (Wildman–Crippen MR) is 155 cm³/mol. The topological polar surface area (TPSA) is 51.1 Å². The zero-order chi connectivity index (χ0) is 26.5. The Labute approximate surface area is 233 Å². The molecule has 1 aliphatic heterocycles. The minimum Gasteiger partial charge on any atom is -0.490 e. The number of hydrogen-bond donors (Lipinski definition) is 0. The highest BCUT2D eigenvalue weighted by Gasteiger charge is 2.29. The molecule has 5 nitrogen and oxygen atoms in total. The van der Waals surface area contributed by atoms with E-state index in [1.165, 1.54) is 42.7 Å². The molecule has 3 aromatic rings. The molecule has 0 aromatic heterocycles. The maximum Gasteiger partial charge on any atom is 0.280 e. The normalized spacial score (nSPS) is 17.1. The Morgan fingerprint density at radius 3 is 2.39 bits per heavy atom. The van der Waals surface area contributed by atoms with Crippen LogP contribution in [0.2, 0.25) is 10.0 Å². The summed E-state index contributed by atoms with van der Waals surface area (Å²) in [4.78, 5) is 13.2. The van der Waals surface area contributed by atoms with Crippen molar-refractivity contribution in [2.75, 3.05) is 18.2 Å². The van der Waals surface area contributed by atoms with E-state index < -0.39 is 0 Å². The van der Waals surface area contributed by atoms with Crippen molar-refractivity contribution in [3.05, 3.63) is 93.5 Å². The molecule has 0 saturated heterocycles. The van der Waals surface area contributed by atoms with Crippen LogP contribution in [0.4, 0.5) is 5.69 Å². The summed E-state index contributed by atoms with van der Waals surface area (Å²) in [7, 11) is 0. The van der Waals surface area contributed by atoms with Gasteiger partial charge in [-0.15, -0.1) is 0 Å². The third-order valence-electron chi connectivity index (χ3n) is 6.96. The molecular weight excluding hydrogens is 519 g/mol. The SMILES string of the molecule is CC1=NN(c2ccccc2)C(=O)/C1=C/c1cc(Cl)cc(Cl)c1OCCOc1ccc(C2CCCCC2)cc1. The van der Waals surface area contributed by atoms with Gasteiger partial charge in [0.2, 0.25) is 0 Å². The van der Waals surface area contributed by atoms with Crippen LogP contribution in [0.5, 0.6) is 11.5 Å². The number of hydrazone groups is 1. The second kappa shape index (κ2) is 12.1. The Morgan fingerprint density at radius 2 is 1.66 bits per heavy atom. The van der Waals surface area contributed by atoms with Gasteiger partial charge < -0.3 is 9.47 Å². The Kier molecular flexibility index (Phi) is 8.35. The number of benzene rings is 3. The van der Waals surface area contributed by atoms with Crippen molar-refractivity contribution >= 4 is 46.6 Å². The van der Waals surface area contributed by atoms with Crippen LogP contribution in [-0.2, 0) is 4.79 Å². The van der Waals surface area contributed by atoms with Gasteiger partial charge in [0.05, 0.1) is 22.0 Å². The number of hydrogen-bond acceptors (Lipinski definition) is 4. The second-order valence-corrected chi connectivity index (χ2v) is 10.4. The fourth-order valence-corrected chi connectivity index (χ4v) is 5.56. The summed E-state index contributed by atoms with van der Waals surface area (Å²) in [5, 5.41) is 6.64. The molecule has 0 bridgehead atoms. The molecule has 0 atom stereocenters. The third kappa shape index (κ3) is 6.06. The Morgan fingerprint density at radius 1 is 0.947 bits per heavy atom. The van der Waals surface area contributed by atoms with Gasteiger partial charge in [0, 0.05) is 10.6 Å². The lowest BCUT2D eigenvalue weighted by Gasteiger charge is -2.22. The van der Waals surface area contributed by atoms with Gasteiger partial charge in [-0.3, -0.25) is 4.79 Å². The van der Waals surface area contributed by atoms with Crippen LogP contribution in [-0.4, -0.2) is 24.8 Å². The van der Waals surface area contributed by atoms with E-state index in [1.807, 2.05) is 42.5 Å². The zero-order valence-electron chi connectivity index (χ0n) is 21.3. The van der Waals surface area contributed by atoms with E-state index in [0.29, 0.717) is 50.9 Å². The highest BCUT2D eigenvalue weighted by Crippen LogP contribution is 2.36. The summed E-state index contributed by atoms with van der Waals surface area (Å²) in [6, 6.07) is 21.1. The van der Waals surface area contributed by atoms with Crippen LogP contribution in [0.1, 0.15) is 56.1 Å². The zero-order valence-corrected chi connectivity index (χ0v) is 22.8. The van der Waals surface area contributed by atoms with Gasteiger partial charge in [-0.2, -0.15) is 10.1 Å². The Balaban J connectivity index is 1.25. The van der Waals surface area contributed by atoms with Gasteiger partial charge in [-0.1, -0.05) is 72.8 Å². The van der Waals surface area contributed by atoms with Crippen molar-refractivity contribution in [3.8, 4) is 11.5 Å². The van der Waals surface area contributed by atoms with E-state index in [-0.39, 0.29) is 12.5 Å². The van der Waals surface area contributed by atoms with Crippen LogP contribution >= 0.6 is 23.2 Å². The fraction of sp³-hybridized carbons (Fsp3) is 0.290. The molecule has 1 aliphatic carbocycles. The van der Waals surface area contributed by atoms with Crippen molar-refractivity contribution in [2.45, 2.75) is 44.9 Å². The summed E-state index contributed by atoms with van der Waals surface area (Å²) < 4.78 is 11.9. The average molecular weight is 549 g/mol. The van der Waals surface area contributed by atoms with Crippen LogP contribution < -0.4 is 14.5 Å². The van der Waals surface area contributed by atoms with E-state index in [1.54, 1.807) is 25.1 Å². The fourth-order valence-electron chi connectivity index (χ4n) is 5.00. The van der Waals surface area contributed by atoms with Gasteiger partial charge >= 0.3 is 0 Å². The molecule has 1 fully saturated rings. The molecule has 3 aromatic carbocycles. The molecule has 196 valence electrons. The highest BCUT2D eigenvalue weighted by atomic mass is 35.5. The number of nitrogens with zero attached hydrogens (tertiary/aromatic N) is 2. The van der Waals surface area contributed by atoms with E-state index >= 15 is 0 Å². The van der Waals surface area contributed by atoms with Crippen LogP contribution in [0.15, 0.2) is 77.4 Å². The van der Waals surface area contributed by atoms with Gasteiger partial charge in [0.15, 0.2) is 0 Å². The molecule has 0 unspecified atom stereocenters. The molecule has 2 aliphatic rings. The van der Waals surface area contributed by atoms with Gasteiger partial charge in [-0.05, 0) is 73.7 Å². The first kappa shape index (κ1) is 26.3. The second-order valence-electron chi connectivity index (χ2n) is 9.60. The number of para-hydroxylation sites is 1. The van der Waals surface area contributed by atoms with Crippen molar-refractivity contribution in [1.82, 2.24) is 0 Å². The maximum absolute atomic E-state index is 13.2. The average Bonchev–Trinajstić information content (AvgIpc) is 3.22. The molecule has 38 heavy (non-hydrogen) atoms.